The molecule has 234 valence electrons. The smallest absolute Gasteiger partial charge is 0.165 e. The lowest BCUT2D eigenvalue weighted by atomic mass is 9.71. The molecule has 0 saturated carbocycles. The molecular formula is C39H42O6. The SMILES string of the molecule is CC(=O)[C@H]1C2C(O[C@H](COCc3ccccc3)[C@H](OCc3ccccc3)[C@@H]2OCc2ccccc2)O[C@]1(C)c1ccc(C)cc1. The van der Waals surface area contributed by atoms with Crippen LogP contribution in [0.25, 0.3) is 0 Å². The normalized spacial score (nSPS) is 27.6. The van der Waals surface area contributed by atoms with Crippen molar-refractivity contribution in [3.8, 4) is 0 Å². The third-order valence-electron chi connectivity index (χ3n) is 9.06. The molecule has 0 N–H and O–H groups in total. The highest BCUT2D eigenvalue weighted by molar-refractivity contribution is 5.81. The number of ether oxygens (including phenoxy) is 5. The van der Waals surface area contributed by atoms with Crippen molar-refractivity contribution < 1.29 is 28.5 Å². The number of benzene rings is 4. The van der Waals surface area contributed by atoms with Gasteiger partial charge in [-0.25, -0.2) is 0 Å². The molecule has 6 rings (SSSR count). The molecule has 0 radical (unpaired) electrons. The number of hydrogen-bond acceptors (Lipinski definition) is 6. The zero-order valence-corrected chi connectivity index (χ0v) is 26.2. The molecule has 0 spiro atoms. The molecule has 0 amide bonds. The van der Waals surface area contributed by atoms with Crippen molar-refractivity contribution in [1.29, 1.82) is 0 Å². The van der Waals surface area contributed by atoms with Crippen LogP contribution in [0.3, 0.4) is 0 Å². The van der Waals surface area contributed by atoms with E-state index in [-0.39, 0.29) is 12.4 Å². The quantitative estimate of drug-likeness (QED) is 0.170. The second kappa shape index (κ2) is 14.2. The van der Waals surface area contributed by atoms with E-state index >= 15 is 0 Å². The van der Waals surface area contributed by atoms with Gasteiger partial charge in [0.2, 0.25) is 0 Å². The average molecular weight is 607 g/mol. The Morgan fingerprint density at radius 2 is 1.22 bits per heavy atom. The zero-order valence-electron chi connectivity index (χ0n) is 26.2. The van der Waals surface area contributed by atoms with Crippen LogP contribution < -0.4 is 0 Å². The molecule has 2 aliphatic heterocycles. The number of carbonyl (C=O) groups excluding carboxylic acids is 1. The fourth-order valence-corrected chi connectivity index (χ4v) is 6.79. The molecule has 2 unspecified atom stereocenters. The van der Waals surface area contributed by atoms with Crippen LogP contribution in [-0.2, 0) is 53.9 Å². The summed E-state index contributed by atoms with van der Waals surface area (Å²) in [5, 5.41) is 0. The van der Waals surface area contributed by atoms with Crippen LogP contribution in [0.2, 0.25) is 0 Å². The van der Waals surface area contributed by atoms with Gasteiger partial charge in [0.1, 0.15) is 23.6 Å². The molecule has 0 bridgehead atoms. The van der Waals surface area contributed by atoms with Gasteiger partial charge in [-0.3, -0.25) is 4.79 Å². The van der Waals surface area contributed by atoms with Gasteiger partial charge < -0.3 is 23.7 Å². The first-order valence-corrected chi connectivity index (χ1v) is 15.8. The average Bonchev–Trinajstić information content (AvgIpc) is 3.37. The fraction of sp³-hybridized carbons (Fsp3) is 0.359. The summed E-state index contributed by atoms with van der Waals surface area (Å²) in [6.45, 7) is 7.14. The molecule has 2 saturated heterocycles. The van der Waals surface area contributed by atoms with E-state index in [0.29, 0.717) is 19.8 Å². The summed E-state index contributed by atoms with van der Waals surface area (Å²) >= 11 is 0. The van der Waals surface area contributed by atoms with Gasteiger partial charge in [0, 0.05) is 0 Å². The third-order valence-corrected chi connectivity index (χ3v) is 9.06. The van der Waals surface area contributed by atoms with Crippen LogP contribution in [0.15, 0.2) is 115 Å². The lowest BCUT2D eigenvalue weighted by molar-refractivity contribution is -0.293. The summed E-state index contributed by atoms with van der Waals surface area (Å²) in [6, 6.07) is 38.4. The Morgan fingerprint density at radius 3 is 1.76 bits per heavy atom. The monoisotopic (exact) mass is 606 g/mol. The number of hydrogen-bond donors (Lipinski definition) is 0. The van der Waals surface area contributed by atoms with Crippen LogP contribution in [0.5, 0.6) is 0 Å². The van der Waals surface area contributed by atoms with E-state index in [0.717, 1.165) is 27.8 Å². The maximum Gasteiger partial charge on any atom is 0.165 e. The molecule has 4 aromatic rings. The van der Waals surface area contributed by atoms with Crippen molar-refractivity contribution in [1.82, 2.24) is 0 Å². The zero-order chi connectivity index (χ0) is 31.2. The molecule has 0 aromatic heterocycles. The molecule has 7 atom stereocenters. The second-order valence-corrected chi connectivity index (χ2v) is 12.3. The highest BCUT2D eigenvalue weighted by Crippen LogP contribution is 2.53. The van der Waals surface area contributed by atoms with E-state index in [1.165, 1.54) is 0 Å². The van der Waals surface area contributed by atoms with Gasteiger partial charge in [-0.15, -0.1) is 0 Å². The van der Waals surface area contributed by atoms with E-state index < -0.39 is 42.0 Å². The van der Waals surface area contributed by atoms with Crippen molar-refractivity contribution in [2.24, 2.45) is 11.8 Å². The van der Waals surface area contributed by atoms with E-state index in [9.17, 15) is 4.79 Å². The van der Waals surface area contributed by atoms with Gasteiger partial charge >= 0.3 is 0 Å². The maximum absolute atomic E-state index is 13.6. The number of Topliss-reactive ketones (excluding diaryl/α,β-unsaturated/α-hetero) is 1. The van der Waals surface area contributed by atoms with Gasteiger partial charge in [0.25, 0.3) is 0 Å². The van der Waals surface area contributed by atoms with Crippen LogP contribution in [0.4, 0.5) is 0 Å². The summed E-state index contributed by atoms with van der Waals surface area (Å²) in [5.41, 5.74) is 4.33. The summed E-state index contributed by atoms with van der Waals surface area (Å²) in [5.74, 6) is -0.883. The number of carbonyl (C=O) groups is 1. The maximum atomic E-state index is 13.6. The number of ketones is 1. The highest BCUT2D eigenvalue weighted by Gasteiger charge is 2.63. The molecule has 2 heterocycles. The Kier molecular flexibility index (Phi) is 9.88. The predicted molar refractivity (Wildman–Crippen MR) is 172 cm³/mol. The number of aryl methyl sites for hydroxylation is 1. The number of rotatable bonds is 12. The molecular weight excluding hydrogens is 564 g/mol. The van der Waals surface area contributed by atoms with Crippen LogP contribution >= 0.6 is 0 Å². The van der Waals surface area contributed by atoms with E-state index in [1.54, 1.807) is 6.92 Å². The Balaban J connectivity index is 1.35. The topological polar surface area (TPSA) is 63.2 Å². The van der Waals surface area contributed by atoms with Crippen LogP contribution in [0.1, 0.15) is 41.7 Å². The Bertz CT molecular complexity index is 1510. The van der Waals surface area contributed by atoms with Gasteiger partial charge in [-0.1, -0.05) is 121 Å². The molecule has 2 aliphatic rings. The van der Waals surface area contributed by atoms with Crippen molar-refractivity contribution >= 4 is 5.78 Å². The minimum absolute atomic E-state index is 0.0306. The van der Waals surface area contributed by atoms with Crippen LogP contribution in [0, 0.1) is 18.8 Å². The number of fused-ring (bicyclic) bond motifs is 1. The molecule has 45 heavy (non-hydrogen) atoms. The van der Waals surface area contributed by atoms with Gasteiger partial charge in [0.05, 0.1) is 44.4 Å². The fourth-order valence-electron chi connectivity index (χ4n) is 6.79. The van der Waals surface area contributed by atoms with E-state index in [1.807, 2.05) is 110 Å². The molecule has 0 aliphatic carbocycles. The lowest BCUT2D eigenvalue weighted by Crippen LogP contribution is -2.58. The Hall–Kier alpha value is -3.65. The molecule has 6 heteroatoms. The Labute approximate surface area is 266 Å². The van der Waals surface area contributed by atoms with Crippen LogP contribution in [-0.4, -0.2) is 37.0 Å². The summed E-state index contributed by atoms with van der Waals surface area (Å²) in [7, 11) is 0. The highest BCUT2D eigenvalue weighted by atomic mass is 16.7. The van der Waals surface area contributed by atoms with Gasteiger partial charge in [-0.2, -0.15) is 0 Å². The minimum atomic E-state index is -0.910. The summed E-state index contributed by atoms with van der Waals surface area (Å²) < 4.78 is 33.3. The first kappa shape index (κ1) is 31.3. The first-order valence-electron chi connectivity index (χ1n) is 15.8. The molecule has 6 nitrogen and oxygen atoms in total. The van der Waals surface area contributed by atoms with Crippen molar-refractivity contribution in [3.63, 3.8) is 0 Å². The molecule has 2 fully saturated rings. The predicted octanol–water partition coefficient (Wildman–Crippen LogP) is 7.17. The first-order chi connectivity index (χ1) is 21.9. The lowest BCUT2D eigenvalue weighted by Gasteiger charge is -2.44. The van der Waals surface area contributed by atoms with E-state index in [4.69, 9.17) is 23.7 Å². The third kappa shape index (κ3) is 7.11. The summed E-state index contributed by atoms with van der Waals surface area (Å²) in [4.78, 5) is 13.6. The molecule has 4 aromatic carbocycles. The minimum Gasteiger partial charge on any atom is -0.374 e. The Morgan fingerprint density at radius 1 is 0.711 bits per heavy atom. The van der Waals surface area contributed by atoms with Crippen molar-refractivity contribution in [3.05, 3.63) is 143 Å². The van der Waals surface area contributed by atoms with E-state index in [2.05, 4.69) is 19.1 Å². The van der Waals surface area contributed by atoms with Crippen molar-refractivity contribution in [2.75, 3.05) is 6.61 Å². The van der Waals surface area contributed by atoms with Gasteiger partial charge in [0.15, 0.2) is 6.29 Å². The summed E-state index contributed by atoms with van der Waals surface area (Å²) in [6.07, 6.45) is -2.20. The standard InChI is InChI=1S/C39H42O6/c1-27-19-21-32(22-20-27)39(3)35(28(2)40)34-37(43-25-31-17-11-6-12-18-31)36(42-24-30-15-9-5-10-16-30)33(44-38(34)45-39)26-41-23-29-13-7-4-8-14-29/h4-22,33-38H,23-26H2,1-3H3/t33-,34?,35+,36+,37-,38?,39-/m1/s1. The largest absolute Gasteiger partial charge is 0.374 e. The van der Waals surface area contributed by atoms with Gasteiger partial charge in [-0.05, 0) is 43.0 Å². The second-order valence-electron chi connectivity index (χ2n) is 12.3. The van der Waals surface area contributed by atoms with Crippen molar-refractivity contribution in [2.45, 2.75) is 70.8 Å².